The molecule has 0 saturated carbocycles. The Bertz CT molecular complexity index is 808. The number of benzene rings is 1. The van der Waals surface area contributed by atoms with Crippen LogP contribution in [0.4, 0.5) is 10.1 Å². The Morgan fingerprint density at radius 1 is 1.36 bits per heavy atom. The van der Waals surface area contributed by atoms with Gasteiger partial charge in [-0.15, -0.1) is 0 Å². The lowest BCUT2D eigenvalue weighted by Crippen LogP contribution is -2.37. The third-order valence-electron chi connectivity index (χ3n) is 4.96. The van der Waals surface area contributed by atoms with Crippen LogP contribution in [0.15, 0.2) is 22.7 Å². The normalized spacial score (nSPS) is 19.8. The van der Waals surface area contributed by atoms with Gasteiger partial charge in [-0.1, -0.05) is 16.8 Å². The maximum absolute atomic E-state index is 13.3. The number of hydrogen-bond acceptors (Lipinski definition) is 4. The van der Waals surface area contributed by atoms with E-state index in [1.165, 1.54) is 6.07 Å². The van der Waals surface area contributed by atoms with Crippen LogP contribution >= 0.6 is 11.6 Å². The number of amides is 1. The highest BCUT2D eigenvalue weighted by Crippen LogP contribution is 2.27. The van der Waals surface area contributed by atoms with Gasteiger partial charge in [0.15, 0.2) is 0 Å². The number of aryl methyl sites for hydroxylation is 1. The van der Waals surface area contributed by atoms with Gasteiger partial charge >= 0.3 is 0 Å². The zero-order valence-electron chi connectivity index (χ0n) is 13.7. The molecule has 1 saturated heterocycles. The van der Waals surface area contributed by atoms with E-state index >= 15 is 0 Å². The second kappa shape index (κ2) is 6.67. The van der Waals surface area contributed by atoms with Crippen LogP contribution < -0.4 is 10.2 Å². The number of rotatable bonds is 3. The SMILES string of the molecule is O=C(NC1CCN(c2ccc(F)c(Cl)c2)C1)c1onc2c1CCCC2. The smallest absolute Gasteiger partial charge is 0.290 e. The van der Waals surface area contributed by atoms with Crippen LogP contribution in [0.2, 0.25) is 5.02 Å². The third kappa shape index (κ3) is 3.23. The fourth-order valence-corrected chi connectivity index (χ4v) is 3.79. The number of hydrogen-bond donors (Lipinski definition) is 1. The van der Waals surface area contributed by atoms with Crippen molar-refractivity contribution < 1.29 is 13.7 Å². The first-order valence-electron chi connectivity index (χ1n) is 8.60. The number of anilines is 1. The Labute approximate surface area is 150 Å². The minimum absolute atomic E-state index is 0.0145. The van der Waals surface area contributed by atoms with E-state index in [0.29, 0.717) is 12.3 Å². The topological polar surface area (TPSA) is 58.4 Å². The van der Waals surface area contributed by atoms with Gasteiger partial charge in [0.1, 0.15) is 5.82 Å². The molecule has 1 unspecified atom stereocenters. The summed E-state index contributed by atoms with van der Waals surface area (Å²) >= 11 is 5.86. The van der Waals surface area contributed by atoms with Crippen LogP contribution in [0.25, 0.3) is 0 Å². The number of carbonyl (C=O) groups is 1. The molecule has 0 spiro atoms. The van der Waals surface area contributed by atoms with Crippen LogP contribution in [0.1, 0.15) is 41.1 Å². The van der Waals surface area contributed by atoms with Gasteiger partial charge in [0.25, 0.3) is 5.91 Å². The zero-order valence-corrected chi connectivity index (χ0v) is 14.5. The number of nitrogens with one attached hydrogen (secondary N) is 1. The molecule has 1 aliphatic heterocycles. The van der Waals surface area contributed by atoms with Gasteiger partial charge in [0, 0.05) is 30.4 Å². The van der Waals surface area contributed by atoms with Gasteiger partial charge in [-0.3, -0.25) is 4.79 Å². The van der Waals surface area contributed by atoms with E-state index in [0.717, 1.165) is 55.6 Å². The van der Waals surface area contributed by atoms with E-state index in [2.05, 4.69) is 15.4 Å². The van der Waals surface area contributed by atoms with Crippen molar-refractivity contribution >= 4 is 23.2 Å². The van der Waals surface area contributed by atoms with Gasteiger partial charge < -0.3 is 14.7 Å². The van der Waals surface area contributed by atoms with Gasteiger partial charge in [-0.25, -0.2) is 4.39 Å². The van der Waals surface area contributed by atoms with Crippen LogP contribution in [0.3, 0.4) is 0 Å². The first-order chi connectivity index (χ1) is 12.1. The molecule has 25 heavy (non-hydrogen) atoms. The van der Waals surface area contributed by atoms with Gasteiger partial charge in [-0.2, -0.15) is 0 Å². The molecule has 0 radical (unpaired) electrons. The Balaban J connectivity index is 1.41. The van der Waals surface area contributed by atoms with Crippen molar-refractivity contribution in [3.63, 3.8) is 0 Å². The largest absolute Gasteiger partial charge is 0.369 e. The third-order valence-corrected chi connectivity index (χ3v) is 5.25. The van der Waals surface area contributed by atoms with Gasteiger partial charge in [0.2, 0.25) is 5.76 Å². The monoisotopic (exact) mass is 363 g/mol. The lowest BCUT2D eigenvalue weighted by molar-refractivity contribution is 0.0902. The Morgan fingerprint density at radius 2 is 2.20 bits per heavy atom. The van der Waals surface area contributed by atoms with E-state index < -0.39 is 5.82 Å². The number of aromatic nitrogens is 1. The van der Waals surface area contributed by atoms with E-state index in [1.54, 1.807) is 12.1 Å². The van der Waals surface area contributed by atoms with Crippen molar-refractivity contribution in [3.05, 3.63) is 46.1 Å². The standard InChI is InChI=1S/C18H19ClFN3O2/c19-14-9-12(5-6-15(14)20)23-8-7-11(10-23)21-18(24)17-13-3-1-2-4-16(13)22-25-17/h5-6,9,11H,1-4,7-8,10H2,(H,21,24). The second-order valence-electron chi connectivity index (χ2n) is 6.65. The summed E-state index contributed by atoms with van der Waals surface area (Å²) in [7, 11) is 0. The fourth-order valence-electron chi connectivity index (χ4n) is 3.61. The Hall–Kier alpha value is -2.08. The molecule has 2 aliphatic rings. The average molecular weight is 364 g/mol. The number of nitrogens with zero attached hydrogens (tertiary/aromatic N) is 2. The number of halogens is 2. The highest BCUT2D eigenvalue weighted by molar-refractivity contribution is 6.31. The summed E-state index contributed by atoms with van der Waals surface area (Å²) in [6, 6.07) is 4.71. The van der Waals surface area contributed by atoms with Crippen molar-refractivity contribution in [1.82, 2.24) is 10.5 Å². The molecular formula is C18H19ClFN3O2. The molecule has 2 aromatic rings. The average Bonchev–Trinajstić information content (AvgIpc) is 3.24. The van der Waals surface area contributed by atoms with Gasteiger partial charge in [-0.05, 0) is 50.3 Å². The quantitative estimate of drug-likeness (QED) is 0.908. The van der Waals surface area contributed by atoms with E-state index in [9.17, 15) is 9.18 Å². The molecular weight excluding hydrogens is 345 g/mol. The molecule has 132 valence electrons. The lowest BCUT2D eigenvalue weighted by Gasteiger charge is -2.19. The van der Waals surface area contributed by atoms with Crippen molar-refractivity contribution in [2.75, 3.05) is 18.0 Å². The van der Waals surface area contributed by atoms with Crippen molar-refractivity contribution in [3.8, 4) is 0 Å². The summed E-state index contributed by atoms with van der Waals surface area (Å²) in [6.45, 7) is 1.44. The number of fused-ring (bicyclic) bond motifs is 1. The molecule has 7 heteroatoms. The molecule has 0 bridgehead atoms. The second-order valence-corrected chi connectivity index (χ2v) is 7.05. The summed E-state index contributed by atoms with van der Waals surface area (Å²) in [5.41, 5.74) is 2.74. The predicted molar refractivity (Wildman–Crippen MR) is 92.6 cm³/mol. The predicted octanol–water partition coefficient (Wildman–Crippen LogP) is 3.35. The maximum Gasteiger partial charge on any atom is 0.290 e. The molecule has 1 aromatic heterocycles. The van der Waals surface area contributed by atoms with E-state index in [-0.39, 0.29) is 17.0 Å². The molecule has 2 heterocycles. The summed E-state index contributed by atoms with van der Waals surface area (Å²) in [4.78, 5) is 14.6. The summed E-state index contributed by atoms with van der Waals surface area (Å²) in [5.74, 6) is -0.262. The van der Waals surface area contributed by atoms with Crippen molar-refractivity contribution in [2.45, 2.75) is 38.1 Å². The van der Waals surface area contributed by atoms with Crippen molar-refractivity contribution in [1.29, 1.82) is 0 Å². The van der Waals surface area contributed by atoms with Crippen LogP contribution in [-0.4, -0.2) is 30.2 Å². The van der Waals surface area contributed by atoms with E-state index in [1.807, 2.05) is 0 Å². The zero-order chi connectivity index (χ0) is 17.4. The van der Waals surface area contributed by atoms with Crippen LogP contribution in [0.5, 0.6) is 0 Å². The Morgan fingerprint density at radius 3 is 3.04 bits per heavy atom. The highest BCUT2D eigenvalue weighted by Gasteiger charge is 2.29. The Kier molecular flexibility index (Phi) is 4.37. The first-order valence-corrected chi connectivity index (χ1v) is 8.98. The molecule has 1 fully saturated rings. The molecule has 1 aliphatic carbocycles. The summed E-state index contributed by atoms with van der Waals surface area (Å²) in [6.07, 6.45) is 4.72. The number of carbonyl (C=O) groups excluding carboxylic acids is 1. The van der Waals surface area contributed by atoms with Crippen LogP contribution in [-0.2, 0) is 12.8 Å². The fraction of sp³-hybridized carbons (Fsp3) is 0.444. The summed E-state index contributed by atoms with van der Waals surface area (Å²) in [5, 5.41) is 7.18. The van der Waals surface area contributed by atoms with Crippen LogP contribution in [0, 0.1) is 5.82 Å². The highest BCUT2D eigenvalue weighted by atomic mass is 35.5. The molecule has 4 rings (SSSR count). The minimum atomic E-state index is -0.426. The molecule has 1 atom stereocenters. The molecule has 1 N–H and O–H groups in total. The van der Waals surface area contributed by atoms with E-state index in [4.69, 9.17) is 16.1 Å². The lowest BCUT2D eigenvalue weighted by atomic mass is 9.96. The molecule has 1 aromatic carbocycles. The minimum Gasteiger partial charge on any atom is -0.369 e. The van der Waals surface area contributed by atoms with Crippen molar-refractivity contribution in [2.24, 2.45) is 0 Å². The maximum atomic E-state index is 13.3. The molecule has 1 amide bonds. The van der Waals surface area contributed by atoms with Gasteiger partial charge in [0.05, 0.1) is 10.7 Å². The first kappa shape index (κ1) is 16.4. The molecule has 5 nitrogen and oxygen atoms in total. The summed E-state index contributed by atoms with van der Waals surface area (Å²) < 4.78 is 18.6.